The summed E-state index contributed by atoms with van der Waals surface area (Å²) in [6.45, 7) is 0. The molecule has 0 spiro atoms. The van der Waals surface area contributed by atoms with Crippen LogP contribution in [0.25, 0.3) is 0 Å². The van der Waals surface area contributed by atoms with Crippen molar-refractivity contribution >= 4 is 21.9 Å². The van der Waals surface area contributed by atoms with Crippen LogP contribution in [0.3, 0.4) is 0 Å². The van der Waals surface area contributed by atoms with Crippen molar-refractivity contribution in [3.63, 3.8) is 0 Å². The predicted molar refractivity (Wildman–Crippen MR) is 57.1 cm³/mol. The lowest BCUT2D eigenvalue weighted by atomic mass is 10.1. The monoisotopic (exact) mass is 252 g/mol. The van der Waals surface area contributed by atoms with Crippen LogP contribution in [-0.4, -0.2) is 37.7 Å². The minimum atomic E-state index is -3.51. The summed E-state index contributed by atoms with van der Waals surface area (Å²) in [5.74, 6) is -1.67. The topological polar surface area (TPSA) is 127 Å². The van der Waals surface area contributed by atoms with Gasteiger partial charge in [0.25, 0.3) is 0 Å². The van der Waals surface area contributed by atoms with E-state index < -0.39 is 27.9 Å². The number of nitrogens with two attached hydrogens (primary N) is 1. The third-order valence-corrected chi connectivity index (χ3v) is 2.38. The lowest BCUT2D eigenvalue weighted by Crippen LogP contribution is -2.30. The van der Waals surface area contributed by atoms with Gasteiger partial charge in [-0.15, -0.1) is 0 Å². The SMILES string of the molecule is CS(=O)(=O)NC(=O)CCCC[C@H](N)C(=O)O. The van der Waals surface area contributed by atoms with Crippen molar-refractivity contribution in [1.29, 1.82) is 0 Å². The summed E-state index contributed by atoms with van der Waals surface area (Å²) in [4.78, 5) is 21.3. The summed E-state index contributed by atoms with van der Waals surface area (Å²) >= 11 is 0. The molecule has 1 amide bonds. The highest BCUT2D eigenvalue weighted by Crippen LogP contribution is 2.02. The Bertz CT molecular complexity index is 351. The lowest BCUT2D eigenvalue weighted by molar-refractivity contribution is -0.138. The molecule has 0 radical (unpaired) electrons. The van der Waals surface area contributed by atoms with Crippen LogP contribution in [0.2, 0.25) is 0 Å². The molecule has 0 aromatic carbocycles. The number of carbonyl (C=O) groups is 2. The standard InChI is InChI=1S/C8H16N2O5S/c1-16(14,15)10-7(11)5-3-2-4-6(9)8(12)13/h6H,2-5,9H2,1H3,(H,10,11)(H,12,13)/t6-/m0/s1. The van der Waals surface area contributed by atoms with Gasteiger partial charge in [0.15, 0.2) is 0 Å². The molecule has 0 aliphatic carbocycles. The average Bonchev–Trinajstić information content (AvgIpc) is 2.08. The predicted octanol–water partition coefficient (Wildman–Crippen LogP) is -0.965. The molecule has 1 atom stereocenters. The molecule has 0 rings (SSSR count). The summed E-state index contributed by atoms with van der Waals surface area (Å²) in [6, 6.07) is -0.932. The average molecular weight is 252 g/mol. The van der Waals surface area contributed by atoms with Gasteiger partial charge in [-0.2, -0.15) is 0 Å². The van der Waals surface area contributed by atoms with Gasteiger partial charge in [0.1, 0.15) is 6.04 Å². The zero-order chi connectivity index (χ0) is 12.8. The minimum absolute atomic E-state index is 0.0411. The molecule has 0 saturated heterocycles. The first-order chi connectivity index (χ1) is 7.22. The molecular formula is C8H16N2O5S. The van der Waals surface area contributed by atoms with E-state index in [1.54, 1.807) is 0 Å². The molecule has 7 nitrogen and oxygen atoms in total. The van der Waals surface area contributed by atoms with Crippen LogP contribution in [-0.2, 0) is 19.6 Å². The van der Waals surface area contributed by atoms with E-state index in [1.807, 2.05) is 4.72 Å². The van der Waals surface area contributed by atoms with Crippen LogP contribution < -0.4 is 10.5 Å². The largest absolute Gasteiger partial charge is 0.480 e. The smallest absolute Gasteiger partial charge is 0.320 e. The second-order valence-corrected chi connectivity index (χ2v) is 5.24. The summed E-state index contributed by atoms with van der Waals surface area (Å²) in [7, 11) is -3.51. The number of hydrogen-bond donors (Lipinski definition) is 3. The second kappa shape index (κ2) is 6.44. The maximum Gasteiger partial charge on any atom is 0.320 e. The molecule has 0 unspecified atom stereocenters. The van der Waals surface area contributed by atoms with Crippen LogP contribution in [0.4, 0.5) is 0 Å². The fourth-order valence-corrected chi connectivity index (χ4v) is 1.55. The number of carboxylic acid groups (broad SMARTS) is 1. The van der Waals surface area contributed by atoms with Gasteiger partial charge < -0.3 is 10.8 Å². The van der Waals surface area contributed by atoms with Crippen LogP contribution in [0.15, 0.2) is 0 Å². The van der Waals surface area contributed by atoms with E-state index in [2.05, 4.69) is 0 Å². The van der Waals surface area contributed by atoms with E-state index >= 15 is 0 Å². The number of amides is 1. The molecular weight excluding hydrogens is 236 g/mol. The molecule has 0 saturated carbocycles. The number of sulfonamides is 1. The van der Waals surface area contributed by atoms with E-state index in [9.17, 15) is 18.0 Å². The highest BCUT2D eigenvalue weighted by atomic mass is 32.2. The van der Waals surface area contributed by atoms with Gasteiger partial charge in [-0.05, 0) is 12.8 Å². The maximum absolute atomic E-state index is 11.0. The molecule has 0 bridgehead atoms. The Morgan fingerprint density at radius 2 is 1.94 bits per heavy atom. The van der Waals surface area contributed by atoms with E-state index in [-0.39, 0.29) is 12.8 Å². The highest BCUT2D eigenvalue weighted by Gasteiger charge is 2.12. The number of carboxylic acids is 1. The Morgan fingerprint density at radius 1 is 1.38 bits per heavy atom. The molecule has 94 valence electrons. The van der Waals surface area contributed by atoms with Gasteiger partial charge in [-0.1, -0.05) is 6.42 Å². The third kappa shape index (κ3) is 8.18. The van der Waals surface area contributed by atoms with Gasteiger partial charge in [-0.3, -0.25) is 14.3 Å². The van der Waals surface area contributed by atoms with Crippen molar-refractivity contribution in [3.05, 3.63) is 0 Å². The number of nitrogens with one attached hydrogen (secondary N) is 1. The Labute approximate surface area is 94.1 Å². The summed E-state index contributed by atoms with van der Waals surface area (Å²) in [5.41, 5.74) is 5.24. The molecule has 0 fully saturated rings. The van der Waals surface area contributed by atoms with Gasteiger partial charge in [0, 0.05) is 6.42 Å². The Morgan fingerprint density at radius 3 is 2.38 bits per heavy atom. The maximum atomic E-state index is 11.0. The highest BCUT2D eigenvalue weighted by molar-refractivity contribution is 7.89. The first-order valence-electron chi connectivity index (χ1n) is 4.71. The van der Waals surface area contributed by atoms with Crippen molar-refractivity contribution in [2.45, 2.75) is 31.7 Å². The number of rotatable bonds is 7. The summed E-state index contributed by atoms with van der Waals surface area (Å²) in [5, 5.41) is 8.46. The molecule has 0 aliphatic rings. The summed E-state index contributed by atoms with van der Waals surface area (Å²) in [6.07, 6.45) is 2.07. The normalized spacial score (nSPS) is 13.1. The molecule has 0 aromatic rings. The van der Waals surface area contributed by atoms with Crippen LogP contribution >= 0.6 is 0 Å². The quantitative estimate of drug-likeness (QED) is 0.500. The Balaban J connectivity index is 3.68. The van der Waals surface area contributed by atoms with Crippen molar-refractivity contribution in [2.24, 2.45) is 5.73 Å². The van der Waals surface area contributed by atoms with Crippen LogP contribution in [0.1, 0.15) is 25.7 Å². The first-order valence-corrected chi connectivity index (χ1v) is 6.60. The van der Waals surface area contributed by atoms with E-state index in [0.29, 0.717) is 12.8 Å². The van der Waals surface area contributed by atoms with Gasteiger partial charge >= 0.3 is 5.97 Å². The summed E-state index contributed by atoms with van der Waals surface area (Å²) < 4.78 is 23.1. The zero-order valence-corrected chi connectivity index (χ0v) is 9.79. The van der Waals surface area contributed by atoms with Gasteiger partial charge in [0.2, 0.25) is 15.9 Å². The van der Waals surface area contributed by atoms with Gasteiger partial charge in [-0.25, -0.2) is 8.42 Å². The number of aliphatic carboxylic acids is 1. The van der Waals surface area contributed by atoms with E-state index in [4.69, 9.17) is 10.8 Å². The third-order valence-electron chi connectivity index (χ3n) is 1.79. The fraction of sp³-hybridized carbons (Fsp3) is 0.750. The molecule has 0 heterocycles. The van der Waals surface area contributed by atoms with Crippen molar-refractivity contribution < 1.29 is 23.1 Å². The van der Waals surface area contributed by atoms with E-state index in [1.165, 1.54) is 0 Å². The van der Waals surface area contributed by atoms with Crippen molar-refractivity contribution in [1.82, 2.24) is 4.72 Å². The van der Waals surface area contributed by atoms with Crippen molar-refractivity contribution in [3.8, 4) is 0 Å². The fourth-order valence-electron chi connectivity index (χ4n) is 1.03. The van der Waals surface area contributed by atoms with Crippen LogP contribution in [0.5, 0.6) is 0 Å². The molecule has 8 heteroatoms. The van der Waals surface area contributed by atoms with E-state index in [0.717, 1.165) is 6.26 Å². The second-order valence-electron chi connectivity index (χ2n) is 3.49. The Hall–Kier alpha value is -1.15. The first kappa shape index (κ1) is 14.8. The zero-order valence-electron chi connectivity index (χ0n) is 8.97. The number of carbonyl (C=O) groups excluding carboxylic acids is 1. The number of hydrogen-bond acceptors (Lipinski definition) is 5. The molecule has 0 aliphatic heterocycles. The number of unbranched alkanes of at least 4 members (excludes halogenated alkanes) is 1. The van der Waals surface area contributed by atoms with Crippen molar-refractivity contribution in [2.75, 3.05) is 6.26 Å². The Kier molecular flexibility index (Phi) is 5.97. The molecule has 4 N–H and O–H groups in total. The molecule has 0 aromatic heterocycles. The lowest BCUT2D eigenvalue weighted by Gasteiger charge is -2.05. The molecule has 16 heavy (non-hydrogen) atoms. The van der Waals surface area contributed by atoms with Gasteiger partial charge in [0.05, 0.1) is 6.26 Å². The minimum Gasteiger partial charge on any atom is -0.480 e. The van der Waals surface area contributed by atoms with Crippen LogP contribution in [0, 0.1) is 0 Å².